The predicted molar refractivity (Wildman–Crippen MR) is 75.9 cm³/mol. The van der Waals surface area contributed by atoms with Gasteiger partial charge in [-0.25, -0.2) is 4.39 Å². The number of ether oxygens (including phenoxy) is 1. The number of nitrogens with one attached hydrogen (secondary N) is 1. The van der Waals surface area contributed by atoms with Crippen molar-refractivity contribution < 1.29 is 9.13 Å². The second-order valence-electron chi connectivity index (χ2n) is 5.28. The minimum absolute atomic E-state index is 0.190. The third kappa shape index (κ3) is 4.20. The van der Waals surface area contributed by atoms with Crippen LogP contribution in [0.1, 0.15) is 51.0 Å². The maximum Gasteiger partial charge on any atom is 0.165 e. The molecule has 2 rings (SSSR count). The van der Waals surface area contributed by atoms with E-state index < -0.39 is 0 Å². The van der Waals surface area contributed by atoms with Crippen LogP contribution in [0.25, 0.3) is 0 Å². The van der Waals surface area contributed by atoms with Gasteiger partial charge < -0.3 is 10.1 Å². The molecule has 1 N–H and O–H groups in total. The van der Waals surface area contributed by atoms with Crippen LogP contribution < -0.4 is 10.1 Å². The zero-order valence-electron chi connectivity index (χ0n) is 11.8. The minimum atomic E-state index is -0.235. The molecule has 0 unspecified atom stereocenters. The van der Waals surface area contributed by atoms with E-state index in [-0.39, 0.29) is 11.9 Å². The Labute approximate surface area is 115 Å². The fourth-order valence-electron chi connectivity index (χ4n) is 2.57. The van der Waals surface area contributed by atoms with E-state index in [0.717, 1.165) is 31.4 Å². The van der Waals surface area contributed by atoms with Crippen molar-refractivity contribution >= 4 is 0 Å². The van der Waals surface area contributed by atoms with E-state index in [2.05, 4.69) is 12.2 Å². The summed E-state index contributed by atoms with van der Waals surface area (Å²) in [5, 5.41) is 3.31. The van der Waals surface area contributed by atoms with E-state index in [9.17, 15) is 4.39 Å². The van der Waals surface area contributed by atoms with Crippen LogP contribution in [-0.2, 0) is 6.54 Å². The minimum Gasteiger partial charge on any atom is -0.487 e. The first kappa shape index (κ1) is 14.3. The number of hydrogen-bond donors (Lipinski definition) is 1. The summed E-state index contributed by atoms with van der Waals surface area (Å²) in [6, 6.07) is 5.19. The first-order chi connectivity index (χ1) is 9.31. The largest absolute Gasteiger partial charge is 0.487 e. The van der Waals surface area contributed by atoms with Crippen molar-refractivity contribution in [3.8, 4) is 5.75 Å². The van der Waals surface area contributed by atoms with Gasteiger partial charge in [0.2, 0.25) is 0 Å². The molecule has 0 spiro atoms. The Morgan fingerprint density at radius 1 is 1.26 bits per heavy atom. The van der Waals surface area contributed by atoms with Crippen molar-refractivity contribution in [2.24, 2.45) is 0 Å². The lowest BCUT2D eigenvalue weighted by Crippen LogP contribution is -2.22. The van der Waals surface area contributed by atoms with Crippen LogP contribution in [0.4, 0.5) is 4.39 Å². The molecule has 3 heteroatoms. The summed E-state index contributed by atoms with van der Waals surface area (Å²) >= 11 is 0. The molecule has 0 atom stereocenters. The highest BCUT2D eigenvalue weighted by atomic mass is 19.1. The van der Waals surface area contributed by atoms with Gasteiger partial charge in [0.15, 0.2) is 11.6 Å². The maximum atomic E-state index is 14.0. The molecule has 19 heavy (non-hydrogen) atoms. The van der Waals surface area contributed by atoms with Gasteiger partial charge in [0.1, 0.15) is 0 Å². The number of rotatable bonds is 6. The second kappa shape index (κ2) is 7.49. The molecule has 0 heterocycles. The van der Waals surface area contributed by atoms with Gasteiger partial charge in [0.05, 0.1) is 6.10 Å². The Bertz CT molecular complexity index is 388. The molecule has 0 amide bonds. The van der Waals surface area contributed by atoms with Gasteiger partial charge in [0.25, 0.3) is 0 Å². The fraction of sp³-hybridized carbons (Fsp3) is 0.625. The van der Waals surface area contributed by atoms with E-state index >= 15 is 0 Å². The first-order valence-electron chi connectivity index (χ1n) is 7.46. The van der Waals surface area contributed by atoms with Crippen molar-refractivity contribution in [3.05, 3.63) is 29.6 Å². The SMILES string of the molecule is CCCNCc1cccc(F)c1OC1CCCCC1. The van der Waals surface area contributed by atoms with Crippen molar-refractivity contribution in [2.75, 3.05) is 6.54 Å². The first-order valence-corrected chi connectivity index (χ1v) is 7.46. The number of benzene rings is 1. The van der Waals surface area contributed by atoms with Crippen LogP contribution in [0, 0.1) is 5.82 Å². The molecule has 106 valence electrons. The quantitative estimate of drug-likeness (QED) is 0.784. The van der Waals surface area contributed by atoms with E-state index in [1.54, 1.807) is 6.07 Å². The average molecular weight is 265 g/mol. The highest BCUT2D eigenvalue weighted by Gasteiger charge is 2.18. The Hall–Kier alpha value is -1.09. The highest BCUT2D eigenvalue weighted by molar-refractivity contribution is 5.35. The highest BCUT2D eigenvalue weighted by Crippen LogP contribution is 2.28. The molecule has 1 aliphatic carbocycles. The van der Waals surface area contributed by atoms with Crippen LogP contribution in [0.3, 0.4) is 0 Å². The van der Waals surface area contributed by atoms with Crippen LogP contribution in [-0.4, -0.2) is 12.6 Å². The Morgan fingerprint density at radius 3 is 2.79 bits per heavy atom. The normalized spacial score (nSPS) is 16.5. The van der Waals surface area contributed by atoms with Crippen molar-refractivity contribution in [3.63, 3.8) is 0 Å². The molecule has 1 aliphatic rings. The van der Waals surface area contributed by atoms with Gasteiger partial charge >= 0.3 is 0 Å². The number of para-hydroxylation sites is 1. The van der Waals surface area contributed by atoms with E-state index in [1.807, 2.05) is 6.07 Å². The summed E-state index contributed by atoms with van der Waals surface area (Å²) in [4.78, 5) is 0. The third-order valence-electron chi connectivity index (χ3n) is 3.63. The van der Waals surface area contributed by atoms with Gasteiger partial charge in [-0.1, -0.05) is 25.5 Å². The van der Waals surface area contributed by atoms with Crippen molar-refractivity contribution in [2.45, 2.75) is 58.1 Å². The second-order valence-corrected chi connectivity index (χ2v) is 5.28. The molecule has 0 radical (unpaired) electrons. The topological polar surface area (TPSA) is 21.3 Å². The Morgan fingerprint density at radius 2 is 2.05 bits per heavy atom. The third-order valence-corrected chi connectivity index (χ3v) is 3.63. The summed E-state index contributed by atoms with van der Waals surface area (Å²) in [7, 11) is 0. The summed E-state index contributed by atoms with van der Waals surface area (Å²) in [6.45, 7) is 3.74. The van der Waals surface area contributed by atoms with Crippen molar-refractivity contribution in [1.82, 2.24) is 5.32 Å². The monoisotopic (exact) mass is 265 g/mol. The van der Waals surface area contributed by atoms with Crippen LogP contribution in [0.2, 0.25) is 0 Å². The molecule has 1 fully saturated rings. The smallest absolute Gasteiger partial charge is 0.165 e. The van der Waals surface area contributed by atoms with Gasteiger partial charge in [-0.15, -0.1) is 0 Å². The van der Waals surface area contributed by atoms with Crippen LogP contribution in [0.5, 0.6) is 5.75 Å². The van der Waals surface area contributed by atoms with E-state index in [0.29, 0.717) is 12.3 Å². The van der Waals surface area contributed by atoms with E-state index in [1.165, 1.54) is 25.3 Å². The summed E-state index contributed by atoms with van der Waals surface area (Å²) < 4.78 is 19.9. The zero-order chi connectivity index (χ0) is 13.5. The Kier molecular flexibility index (Phi) is 5.64. The average Bonchev–Trinajstić information content (AvgIpc) is 2.44. The fourth-order valence-corrected chi connectivity index (χ4v) is 2.57. The van der Waals surface area contributed by atoms with Gasteiger partial charge in [-0.3, -0.25) is 0 Å². The van der Waals surface area contributed by atoms with Crippen molar-refractivity contribution in [1.29, 1.82) is 0 Å². The van der Waals surface area contributed by atoms with Gasteiger partial charge in [0, 0.05) is 12.1 Å². The number of hydrogen-bond acceptors (Lipinski definition) is 2. The molecule has 1 saturated carbocycles. The lowest BCUT2D eigenvalue weighted by atomic mass is 9.97. The lowest BCUT2D eigenvalue weighted by Gasteiger charge is -2.24. The molecular weight excluding hydrogens is 241 g/mol. The van der Waals surface area contributed by atoms with Crippen LogP contribution in [0.15, 0.2) is 18.2 Å². The summed E-state index contributed by atoms with van der Waals surface area (Å²) in [5.41, 5.74) is 0.930. The van der Waals surface area contributed by atoms with E-state index in [4.69, 9.17) is 4.74 Å². The standard InChI is InChI=1S/C16H24FNO/c1-2-11-18-12-13-7-6-10-15(17)16(13)19-14-8-4-3-5-9-14/h6-7,10,14,18H,2-5,8-9,11-12H2,1H3. The molecule has 1 aromatic carbocycles. The summed E-state index contributed by atoms with van der Waals surface area (Å²) in [5.74, 6) is 0.222. The van der Waals surface area contributed by atoms with Crippen LogP contribution >= 0.6 is 0 Å². The Balaban J connectivity index is 2.03. The number of halogens is 1. The van der Waals surface area contributed by atoms with Gasteiger partial charge in [-0.05, 0) is 44.7 Å². The predicted octanol–water partition coefficient (Wildman–Crippen LogP) is 4.04. The molecule has 0 aliphatic heterocycles. The molecule has 1 aromatic rings. The molecule has 0 aromatic heterocycles. The molecule has 0 saturated heterocycles. The molecule has 0 bridgehead atoms. The summed E-state index contributed by atoms with van der Waals surface area (Å²) in [6.07, 6.45) is 7.05. The molecule has 2 nitrogen and oxygen atoms in total. The maximum absolute atomic E-state index is 14.0. The lowest BCUT2D eigenvalue weighted by molar-refractivity contribution is 0.147. The zero-order valence-corrected chi connectivity index (χ0v) is 11.8. The molecular formula is C16H24FNO. The van der Waals surface area contributed by atoms with Gasteiger partial charge in [-0.2, -0.15) is 0 Å².